The quantitative estimate of drug-likeness (QED) is 0.875. The maximum Gasteiger partial charge on any atom is 0.127 e. The van der Waals surface area contributed by atoms with Crippen molar-refractivity contribution in [3.8, 4) is 0 Å². The van der Waals surface area contributed by atoms with E-state index >= 15 is 0 Å². The number of fused-ring (bicyclic) bond motifs is 1. The van der Waals surface area contributed by atoms with Crippen molar-refractivity contribution in [2.45, 2.75) is 23.5 Å². The SMILES string of the molecule is CO[C@]12CC=C[C@H]1[C@@H](c1ccccc1)[C@]2(O)c1ccccc1. The number of aliphatic hydroxyl groups is 1. The second kappa shape index (κ2) is 4.80. The predicted octanol–water partition coefficient (Wildman–Crippen LogP) is 3.63. The molecule has 4 atom stereocenters. The monoisotopic (exact) mass is 292 g/mol. The zero-order valence-corrected chi connectivity index (χ0v) is 12.6. The summed E-state index contributed by atoms with van der Waals surface area (Å²) in [5.74, 6) is 0.236. The minimum Gasteiger partial charge on any atom is -0.381 e. The van der Waals surface area contributed by atoms with Crippen molar-refractivity contribution in [1.82, 2.24) is 0 Å². The number of hydrogen-bond donors (Lipinski definition) is 1. The fourth-order valence-corrected chi connectivity index (χ4v) is 4.50. The summed E-state index contributed by atoms with van der Waals surface area (Å²) in [6, 6.07) is 20.2. The van der Waals surface area contributed by atoms with E-state index in [1.807, 2.05) is 48.5 Å². The molecule has 0 heterocycles. The van der Waals surface area contributed by atoms with Crippen LogP contribution in [0.4, 0.5) is 0 Å². The molecule has 0 saturated heterocycles. The minimum atomic E-state index is -1.00. The zero-order chi connectivity index (χ0) is 15.2. The van der Waals surface area contributed by atoms with Gasteiger partial charge >= 0.3 is 0 Å². The van der Waals surface area contributed by atoms with Gasteiger partial charge in [0.05, 0.1) is 0 Å². The van der Waals surface area contributed by atoms with Gasteiger partial charge in [0.1, 0.15) is 11.2 Å². The van der Waals surface area contributed by atoms with Crippen molar-refractivity contribution in [2.24, 2.45) is 5.92 Å². The number of methoxy groups -OCH3 is 1. The Balaban J connectivity index is 1.88. The van der Waals surface area contributed by atoms with Crippen LogP contribution in [0.2, 0.25) is 0 Å². The van der Waals surface area contributed by atoms with Crippen LogP contribution in [-0.4, -0.2) is 17.8 Å². The Labute approximate surface area is 131 Å². The molecule has 0 unspecified atom stereocenters. The second-order valence-electron chi connectivity index (χ2n) is 6.27. The van der Waals surface area contributed by atoms with Gasteiger partial charge < -0.3 is 9.84 Å². The number of ether oxygens (including phenoxy) is 1. The Kier molecular flexibility index (Phi) is 3.00. The number of benzene rings is 2. The zero-order valence-electron chi connectivity index (χ0n) is 12.6. The first kappa shape index (κ1) is 13.7. The van der Waals surface area contributed by atoms with Gasteiger partial charge in [-0.1, -0.05) is 72.8 Å². The van der Waals surface area contributed by atoms with E-state index in [-0.39, 0.29) is 11.8 Å². The van der Waals surface area contributed by atoms with Crippen LogP contribution in [0, 0.1) is 5.92 Å². The maximum absolute atomic E-state index is 11.8. The first-order valence-corrected chi connectivity index (χ1v) is 7.79. The molecule has 2 aromatic carbocycles. The van der Waals surface area contributed by atoms with E-state index in [1.165, 1.54) is 0 Å². The van der Waals surface area contributed by atoms with Gasteiger partial charge in [-0.2, -0.15) is 0 Å². The molecule has 2 aliphatic carbocycles. The molecule has 0 amide bonds. The summed E-state index contributed by atoms with van der Waals surface area (Å²) in [7, 11) is 1.72. The number of rotatable bonds is 3. The van der Waals surface area contributed by atoms with Gasteiger partial charge in [0.2, 0.25) is 0 Å². The summed E-state index contributed by atoms with van der Waals surface area (Å²) in [5, 5.41) is 11.8. The van der Waals surface area contributed by atoms with E-state index in [0.717, 1.165) is 17.5 Å². The van der Waals surface area contributed by atoms with Crippen LogP contribution < -0.4 is 0 Å². The van der Waals surface area contributed by atoms with Gasteiger partial charge in [-0.3, -0.25) is 0 Å². The van der Waals surface area contributed by atoms with Gasteiger partial charge in [-0.25, -0.2) is 0 Å². The van der Waals surface area contributed by atoms with Crippen molar-refractivity contribution < 1.29 is 9.84 Å². The van der Waals surface area contributed by atoms with Crippen molar-refractivity contribution in [2.75, 3.05) is 7.11 Å². The van der Waals surface area contributed by atoms with Gasteiger partial charge in [0.25, 0.3) is 0 Å². The average Bonchev–Trinajstić information content (AvgIpc) is 2.96. The first-order chi connectivity index (χ1) is 10.7. The summed E-state index contributed by atoms with van der Waals surface area (Å²) in [5.41, 5.74) is 0.552. The Hall–Kier alpha value is -1.90. The molecule has 2 aromatic rings. The molecule has 4 rings (SSSR count). The molecule has 2 aliphatic rings. The molecule has 112 valence electrons. The normalized spacial score (nSPS) is 35.9. The average molecular weight is 292 g/mol. The Morgan fingerprint density at radius 1 is 1.00 bits per heavy atom. The van der Waals surface area contributed by atoms with Crippen LogP contribution >= 0.6 is 0 Å². The van der Waals surface area contributed by atoms with Crippen LogP contribution in [0.1, 0.15) is 23.5 Å². The lowest BCUT2D eigenvalue weighted by Gasteiger charge is -2.63. The lowest BCUT2D eigenvalue weighted by Crippen LogP contribution is -2.70. The highest BCUT2D eigenvalue weighted by atomic mass is 16.5. The van der Waals surface area contributed by atoms with Crippen LogP contribution in [-0.2, 0) is 10.3 Å². The third-order valence-electron chi connectivity index (χ3n) is 5.49. The van der Waals surface area contributed by atoms with Gasteiger partial charge in [-0.05, 0) is 17.5 Å². The molecule has 2 heteroatoms. The van der Waals surface area contributed by atoms with Crippen molar-refractivity contribution in [3.63, 3.8) is 0 Å². The molecule has 1 saturated carbocycles. The van der Waals surface area contributed by atoms with Gasteiger partial charge in [0, 0.05) is 18.9 Å². The highest BCUT2D eigenvalue weighted by Crippen LogP contribution is 2.68. The van der Waals surface area contributed by atoms with E-state index in [2.05, 4.69) is 24.3 Å². The highest BCUT2D eigenvalue weighted by Gasteiger charge is 2.73. The van der Waals surface area contributed by atoms with Gasteiger partial charge in [-0.15, -0.1) is 0 Å². The summed E-state index contributed by atoms with van der Waals surface area (Å²) in [4.78, 5) is 0. The lowest BCUT2D eigenvalue weighted by molar-refractivity contribution is -0.279. The summed E-state index contributed by atoms with van der Waals surface area (Å²) in [6.07, 6.45) is 5.10. The fourth-order valence-electron chi connectivity index (χ4n) is 4.50. The molecule has 1 N–H and O–H groups in total. The molecular formula is C20H20O2. The molecule has 0 radical (unpaired) electrons. The summed E-state index contributed by atoms with van der Waals surface area (Å²) in [6.45, 7) is 0. The van der Waals surface area contributed by atoms with Crippen LogP contribution in [0.5, 0.6) is 0 Å². The van der Waals surface area contributed by atoms with Crippen LogP contribution in [0.15, 0.2) is 72.8 Å². The second-order valence-corrected chi connectivity index (χ2v) is 6.27. The Morgan fingerprint density at radius 3 is 2.27 bits per heavy atom. The van der Waals surface area contributed by atoms with E-state index in [9.17, 15) is 5.11 Å². The fraction of sp³-hybridized carbons (Fsp3) is 0.300. The third kappa shape index (κ3) is 1.52. The molecule has 1 fully saturated rings. The van der Waals surface area contributed by atoms with Gasteiger partial charge in [0.15, 0.2) is 0 Å². The smallest absolute Gasteiger partial charge is 0.127 e. The topological polar surface area (TPSA) is 29.5 Å². The molecule has 0 aliphatic heterocycles. The highest BCUT2D eigenvalue weighted by molar-refractivity contribution is 5.47. The number of hydrogen-bond acceptors (Lipinski definition) is 2. The largest absolute Gasteiger partial charge is 0.381 e. The minimum absolute atomic E-state index is 0.0230. The molecule has 22 heavy (non-hydrogen) atoms. The lowest BCUT2D eigenvalue weighted by atomic mass is 9.47. The molecular weight excluding hydrogens is 272 g/mol. The van der Waals surface area contributed by atoms with E-state index in [0.29, 0.717) is 0 Å². The van der Waals surface area contributed by atoms with E-state index in [4.69, 9.17) is 4.74 Å². The van der Waals surface area contributed by atoms with Crippen LogP contribution in [0.3, 0.4) is 0 Å². The Bertz CT molecular complexity index is 694. The third-order valence-corrected chi connectivity index (χ3v) is 5.49. The predicted molar refractivity (Wildman–Crippen MR) is 86.5 cm³/mol. The first-order valence-electron chi connectivity index (χ1n) is 7.79. The van der Waals surface area contributed by atoms with Crippen molar-refractivity contribution in [3.05, 3.63) is 83.9 Å². The van der Waals surface area contributed by atoms with E-state index in [1.54, 1.807) is 7.11 Å². The van der Waals surface area contributed by atoms with Crippen molar-refractivity contribution in [1.29, 1.82) is 0 Å². The molecule has 0 bridgehead atoms. The standard InChI is InChI=1S/C20H20O2/c1-22-19-14-8-13-17(19)18(15-9-4-2-5-10-15)20(19,21)16-11-6-3-7-12-16/h2-13,17-18,21H,14H2,1H3/t17-,18+,19+,20+/m0/s1. The maximum atomic E-state index is 11.8. The van der Waals surface area contributed by atoms with Crippen LogP contribution in [0.25, 0.3) is 0 Å². The molecule has 0 spiro atoms. The summed E-state index contributed by atoms with van der Waals surface area (Å²) >= 11 is 0. The Morgan fingerprint density at radius 2 is 1.64 bits per heavy atom. The van der Waals surface area contributed by atoms with E-state index < -0.39 is 11.2 Å². The molecule has 0 aromatic heterocycles. The molecule has 2 nitrogen and oxygen atoms in total. The summed E-state index contributed by atoms with van der Waals surface area (Å²) < 4.78 is 5.91. The van der Waals surface area contributed by atoms with Crippen molar-refractivity contribution >= 4 is 0 Å².